The van der Waals surface area contributed by atoms with Crippen LogP contribution in [0.1, 0.15) is 32.8 Å². The van der Waals surface area contributed by atoms with Gasteiger partial charge in [0.15, 0.2) is 0 Å². The first kappa shape index (κ1) is 19.5. The molecule has 0 aliphatic carbocycles. The molecule has 1 aliphatic heterocycles. The van der Waals surface area contributed by atoms with Gasteiger partial charge in [-0.1, -0.05) is 0 Å². The second kappa shape index (κ2) is 7.59. The lowest BCUT2D eigenvalue weighted by Crippen LogP contribution is -2.42. The van der Waals surface area contributed by atoms with E-state index in [1.165, 1.54) is 0 Å². The first-order chi connectivity index (χ1) is 11.6. The standard InChI is InChI=1S/C17H23BrFN3O3/c1-10-13(6-5-12(18)14(10)19)21-15(23)22-8-7-11(9-22)20-16(24)25-17(2,3)4/h5-6,11H,7-9H2,1-4H3,(H,20,24)(H,21,23). The zero-order valence-corrected chi connectivity index (χ0v) is 16.4. The van der Waals surface area contributed by atoms with Gasteiger partial charge in [0.25, 0.3) is 0 Å². The van der Waals surface area contributed by atoms with Gasteiger partial charge in [0.05, 0.1) is 10.5 Å². The minimum Gasteiger partial charge on any atom is -0.444 e. The first-order valence-electron chi connectivity index (χ1n) is 8.07. The van der Waals surface area contributed by atoms with Crippen LogP contribution in [0, 0.1) is 12.7 Å². The molecule has 1 saturated heterocycles. The quantitative estimate of drug-likeness (QED) is 0.765. The van der Waals surface area contributed by atoms with Crippen molar-refractivity contribution in [2.24, 2.45) is 0 Å². The van der Waals surface area contributed by atoms with E-state index in [1.54, 1.807) is 44.7 Å². The van der Waals surface area contributed by atoms with Crippen LogP contribution in [0.2, 0.25) is 0 Å². The third-order valence-corrected chi connectivity index (χ3v) is 4.39. The fourth-order valence-corrected chi connectivity index (χ4v) is 2.95. The highest BCUT2D eigenvalue weighted by Crippen LogP contribution is 2.25. The number of likely N-dealkylation sites (tertiary alicyclic amines) is 1. The average Bonchev–Trinajstić information content (AvgIpc) is 2.94. The lowest BCUT2D eigenvalue weighted by Gasteiger charge is -2.22. The largest absolute Gasteiger partial charge is 0.444 e. The molecule has 1 atom stereocenters. The smallest absolute Gasteiger partial charge is 0.407 e. The molecule has 1 heterocycles. The highest BCUT2D eigenvalue weighted by Gasteiger charge is 2.29. The normalized spacial score (nSPS) is 17.4. The van der Waals surface area contributed by atoms with Crippen molar-refractivity contribution in [3.63, 3.8) is 0 Å². The number of nitrogens with one attached hydrogen (secondary N) is 2. The molecule has 1 aromatic rings. The Morgan fingerprint density at radius 3 is 2.68 bits per heavy atom. The highest BCUT2D eigenvalue weighted by atomic mass is 79.9. The Bertz CT molecular complexity index is 676. The van der Waals surface area contributed by atoms with E-state index in [9.17, 15) is 14.0 Å². The van der Waals surface area contributed by atoms with Crippen LogP contribution in [-0.4, -0.2) is 41.8 Å². The summed E-state index contributed by atoms with van der Waals surface area (Å²) >= 11 is 3.11. The lowest BCUT2D eigenvalue weighted by atomic mass is 10.2. The number of carbonyl (C=O) groups excluding carboxylic acids is 2. The molecule has 0 bridgehead atoms. The van der Waals surface area contributed by atoms with Gasteiger partial charge in [0.2, 0.25) is 0 Å². The van der Waals surface area contributed by atoms with Gasteiger partial charge < -0.3 is 20.3 Å². The Labute approximate surface area is 155 Å². The van der Waals surface area contributed by atoms with Gasteiger partial charge in [-0.05, 0) is 62.2 Å². The van der Waals surface area contributed by atoms with Crippen molar-refractivity contribution in [3.8, 4) is 0 Å². The van der Waals surface area contributed by atoms with E-state index in [2.05, 4.69) is 26.6 Å². The molecule has 2 N–H and O–H groups in total. The highest BCUT2D eigenvalue weighted by molar-refractivity contribution is 9.10. The number of amides is 3. The number of hydrogen-bond donors (Lipinski definition) is 2. The molecule has 3 amide bonds. The topological polar surface area (TPSA) is 70.7 Å². The van der Waals surface area contributed by atoms with Crippen LogP contribution < -0.4 is 10.6 Å². The molecule has 0 spiro atoms. The summed E-state index contributed by atoms with van der Waals surface area (Å²) in [7, 11) is 0. The number of alkyl carbamates (subject to hydrolysis) is 1. The van der Waals surface area contributed by atoms with E-state index < -0.39 is 17.5 Å². The van der Waals surface area contributed by atoms with Crippen molar-refractivity contribution >= 4 is 33.7 Å². The number of benzene rings is 1. The summed E-state index contributed by atoms with van der Waals surface area (Å²) in [5, 5.41) is 5.48. The molecule has 0 aromatic heterocycles. The molecule has 8 heteroatoms. The van der Waals surface area contributed by atoms with Gasteiger partial charge >= 0.3 is 12.1 Å². The monoisotopic (exact) mass is 415 g/mol. The summed E-state index contributed by atoms with van der Waals surface area (Å²) in [5.41, 5.74) is 0.225. The number of halogens is 2. The zero-order chi connectivity index (χ0) is 18.8. The van der Waals surface area contributed by atoms with Crippen molar-refractivity contribution in [1.29, 1.82) is 0 Å². The second-order valence-corrected chi connectivity index (χ2v) is 7.90. The van der Waals surface area contributed by atoms with Gasteiger partial charge in [-0.15, -0.1) is 0 Å². The maximum Gasteiger partial charge on any atom is 0.407 e. The molecule has 25 heavy (non-hydrogen) atoms. The first-order valence-corrected chi connectivity index (χ1v) is 8.86. The van der Waals surface area contributed by atoms with Crippen molar-refractivity contribution in [2.45, 2.75) is 45.8 Å². The summed E-state index contributed by atoms with van der Waals surface area (Å²) in [4.78, 5) is 25.7. The van der Waals surface area contributed by atoms with Gasteiger partial charge in [0, 0.05) is 24.3 Å². The lowest BCUT2D eigenvalue weighted by molar-refractivity contribution is 0.0506. The number of anilines is 1. The second-order valence-electron chi connectivity index (χ2n) is 7.04. The van der Waals surface area contributed by atoms with Crippen molar-refractivity contribution in [3.05, 3.63) is 28.0 Å². The zero-order valence-electron chi connectivity index (χ0n) is 14.8. The molecule has 0 saturated carbocycles. The van der Waals surface area contributed by atoms with E-state index in [1.807, 2.05) is 0 Å². The van der Waals surface area contributed by atoms with Gasteiger partial charge in [-0.25, -0.2) is 14.0 Å². The Morgan fingerprint density at radius 2 is 2.04 bits per heavy atom. The Hall–Kier alpha value is -1.83. The Morgan fingerprint density at radius 1 is 1.36 bits per heavy atom. The van der Waals surface area contributed by atoms with Crippen LogP contribution in [0.4, 0.5) is 19.7 Å². The van der Waals surface area contributed by atoms with Gasteiger partial charge in [0.1, 0.15) is 11.4 Å². The van der Waals surface area contributed by atoms with E-state index in [0.29, 0.717) is 35.2 Å². The summed E-state index contributed by atoms with van der Waals surface area (Å²) in [6.07, 6.45) is 0.144. The molecule has 6 nitrogen and oxygen atoms in total. The van der Waals surface area contributed by atoms with E-state index in [0.717, 1.165) is 0 Å². The maximum absolute atomic E-state index is 13.9. The fraction of sp³-hybridized carbons (Fsp3) is 0.529. The summed E-state index contributed by atoms with van der Waals surface area (Å²) < 4.78 is 19.5. The van der Waals surface area contributed by atoms with Gasteiger partial charge in [-0.2, -0.15) is 0 Å². The van der Waals surface area contributed by atoms with E-state index >= 15 is 0 Å². The molecular weight excluding hydrogens is 393 g/mol. The van der Waals surface area contributed by atoms with Crippen LogP contribution in [0.3, 0.4) is 0 Å². The van der Waals surface area contributed by atoms with E-state index in [4.69, 9.17) is 4.74 Å². The van der Waals surface area contributed by atoms with Crippen LogP contribution in [0.15, 0.2) is 16.6 Å². The van der Waals surface area contributed by atoms with Crippen LogP contribution >= 0.6 is 15.9 Å². The summed E-state index contributed by atoms with van der Waals surface area (Å²) in [6, 6.07) is 2.71. The molecule has 0 radical (unpaired) electrons. The summed E-state index contributed by atoms with van der Waals surface area (Å²) in [5.74, 6) is -0.399. The Balaban J connectivity index is 1.90. The molecule has 1 aromatic carbocycles. The van der Waals surface area contributed by atoms with Crippen molar-refractivity contribution in [1.82, 2.24) is 10.2 Å². The maximum atomic E-state index is 13.9. The number of urea groups is 1. The van der Waals surface area contributed by atoms with Gasteiger partial charge in [-0.3, -0.25) is 0 Å². The molecule has 138 valence electrons. The van der Waals surface area contributed by atoms with Crippen LogP contribution in [0.25, 0.3) is 0 Å². The SMILES string of the molecule is Cc1c(NC(=O)N2CCC(NC(=O)OC(C)(C)C)C2)ccc(Br)c1F. The number of nitrogens with zero attached hydrogens (tertiary/aromatic N) is 1. The van der Waals surface area contributed by atoms with Crippen molar-refractivity contribution in [2.75, 3.05) is 18.4 Å². The predicted molar refractivity (Wildman–Crippen MR) is 97.2 cm³/mol. The number of hydrogen-bond acceptors (Lipinski definition) is 3. The number of rotatable bonds is 2. The van der Waals surface area contributed by atoms with Crippen molar-refractivity contribution < 1.29 is 18.7 Å². The molecule has 1 unspecified atom stereocenters. The third-order valence-electron chi connectivity index (χ3n) is 3.78. The minimum absolute atomic E-state index is 0.164. The summed E-state index contributed by atoms with van der Waals surface area (Å²) in [6.45, 7) is 7.86. The number of ether oxygens (including phenoxy) is 1. The van der Waals surface area contributed by atoms with E-state index in [-0.39, 0.29) is 12.1 Å². The Kier molecular flexibility index (Phi) is 5.92. The third kappa shape index (κ3) is 5.32. The molecule has 1 fully saturated rings. The molecule has 2 rings (SSSR count). The van der Waals surface area contributed by atoms with Crippen LogP contribution in [0.5, 0.6) is 0 Å². The predicted octanol–water partition coefficient (Wildman–Crippen LogP) is 4.03. The van der Waals surface area contributed by atoms with Crippen LogP contribution in [-0.2, 0) is 4.74 Å². The molecule has 1 aliphatic rings. The minimum atomic E-state index is -0.567. The fourth-order valence-electron chi connectivity index (χ4n) is 2.52. The average molecular weight is 416 g/mol. The number of carbonyl (C=O) groups is 2. The molecular formula is C17H23BrFN3O3.